The Morgan fingerprint density at radius 3 is 2.71 bits per heavy atom. The lowest BCUT2D eigenvalue weighted by atomic mass is 9.93. The van der Waals surface area contributed by atoms with Crippen LogP contribution in [0.5, 0.6) is 0 Å². The molecule has 0 amide bonds. The maximum atomic E-state index is 13.7. The molecule has 1 aliphatic carbocycles. The second-order valence-electron chi connectivity index (χ2n) is 6.53. The highest BCUT2D eigenvalue weighted by atomic mass is 32.2. The number of nitrogens with one attached hydrogen (secondary N) is 2. The van der Waals surface area contributed by atoms with Gasteiger partial charge in [0.15, 0.2) is 12.3 Å². The lowest BCUT2D eigenvalue weighted by Crippen LogP contribution is -2.27. The molecular weight excluding hydrogens is 396 g/mol. The van der Waals surface area contributed by atoms with Crippen LogP contribution >= 0.6 is 12.3 Å². The molecule has 3 heterocycles. The molecule has 3 aromatic rings. The Hall–Kier alpha value is -2.56. The summed E-state index contributed by atoms with van der Waals surface area (Å²) in [4.78, 5) is 12.2. The zero-order valence-corrected chi connectivity index (χ0v) is 15.3. The minimum absolute atomic E-state index is 0.00249. The van der Waals surface area contributed by atoms with Crippen molar-refractivity contribution in [2.24, 2.45) is 0 Å². The van der Waals surface area contributed by atoms with Gasteiger partial charge in [-0.3, -0.25) is 3.97 Å². The number of pyridine rings is 1. The number of halogens is 4. The summed E-state index contributed by atoms with van der Waals surface area (Å²) >= 11 is -0.00249. The highest BCUT2D eigenvalue weighted by Gasteiger charge is 2.27. The fourth-order valence-electron chi connectivity index (χ4n) is 2.94. The Kier molecular flexibility index (Phi) is 5.00. The number of alkyl halides is 3. The van der Waals surface area contributed by atoms with Crippen molar-refractivity contribution in [3.8, 4) is 11.4 Å². The fraction of sp³-hybridized carbons (Fsp3) is 0.353. The van der Waals surface area contributed by atoms with Gasteiger partial charge in [0.1, 0.15) is 12.4 Å². The maximum absolute atomic E-state index is 13.7. The van der Waals surface area contributed by atoms with Gasteiger partial charge in [-0.2, -0.15) is 13.2 Å². The summed E-state index contributed by atoms with van der Waals surface area (Å²) in [6, 6.07) is 5.35. The number of anilines is 2. The second kappa shape index (κ2) is 7.46. The molecule has 2 N–H and O–H groups in total. The monoisotopic (exact) mass is 412 g/mol. The normalized spacial score (nSPS) is 14.9. The van der Waals surface area contributed by atoms with Crippen molar-refractivity contribution in [1.29, 1.82) is 0 Å². The second-order valence-corrected chi connectivity index (χ2v) is 7.03. The van der Waals surface area contributed by atoms with Crippen LogP contribution in [0.1, 0.15) is 19.3 Å². The van der Waals surface area contributed by atoms with E-state index in [-0.39, 0.29) is 18.3 Å². The number of rotatable bonds is 6. The Labute approximate surface area is 162 Å². The SMILES string of the molecule is FSn1c(-c2ccnc(NCC(F)(F)F)n2)cc2cnc(NC3CCC3)cc21. The average Bonchev–Trinajstić information content (AvgIpc) is 3.00. The number of aromatic nitrogens is 4. The van der Waals surface area contributed by atoms with E-state index in [1.165, 1.54) is 22.7 Å². The molecule has 11 heteroatoms. The number of fused-ring (bicyclic) bond motifs is 1. The van der Waals surface area contributed by atoms with Crippen molar-refractivity contribution < 1.29 is 17.1 Å². The molecule has 1 saturated carbocycles. The van der Waals surface area contributed by atoms with E-state index in [1.54, 1.807) is 18.3 Å². The van der Waals surface area contributed by atoms with Gasteiger partial charge in [0.2, 0.25) is 5.95 Å². The van der Waals surface area contributed by atoms with Crippen LogP contribution in [-0.2, 0) is 0 Å². The third kappa shape index (κ3) is 3.98. The van der Waals surface area contributed by atoms with Crippen molar-refractivity contribution in [2.75, 3.05) is 17.2 Å². The van der Waals surface area contributed by atoms with Crippen molar-refractivity contribution in [2.45, 2.75) is 31.5 Å². The van der Waals surface area contributed by atoms with Gasteiger partial charge < -0.3 is 10.6 Å². The van der Waals surface area contributed by atoms with Crippen molar-refractivity contribution in [1.82, 2.24) is 18.9 Å². The lowest BCUT2D eigenvalue weighted by molar-refractivity contribution is -0.115. The molecule has 148 valence electrons. The molecule has 1 fully saturated rings. The number of nitrogens with zero attached hydrogens (tertiary/aromatic N) is 4. The van der Waals surface area contributed by atoms with Gasteiger partial charge in [-0.1, -0.05) is 0 Å². The van der Waals surface area contributed by atoms with E-state index in [0.29, 0.717) is 34.2 Å². The first-order valence-electron chi connectivity index (χ1n) is 8.64. The zero-order chi connectivity index (χ0) is 19.7. The minimum atomic E-state index is -4.39. The van der Waals surface area contributed by atoms with Gasteiger partial charge in [0, 0.05) is 29.9 Å². The quantitative estimate of drug-likeness (QED) is 0.566. The summed E-state index contributed by atoms with van der Waals surface area (Å²) in [6.07, 6.45) is 1.92. The molecule has 28 heavy (non-hydrogen) atoms. The minimum Gasteiger partial charge on any atom is -0.367 e. The van der Waals surface area contributed by atoms with Crippen LogP contribution in [0.2, 0.25) is 0 Å². The van der Waals surface area contributed by atoms with E-state index < -0.39 is 12.7 Å². The molecule has 0 aliphatic heterocycles. The summed E-state index contributed by atoms with van der Waals surface area (Å²) in [6.45, 7) is -1.25. The van der Waals surface area contributed by atoms with Crippen molar-refractivity contribution >= 4 is 35.0 Å². The van der Waals surface area contributed by atoms with E-state index in [4.69, 9.17) is 0 Å². The number of hydrogen-bond acceptors (Lipinski definition) is 6. The molecule has 0 bridgehead atoms. The van der Waals surface area contributed by atoms with E-state index in [9.17, 15) is 17.1 Å². The molecule has 1 aliphatic rings. The number of hydrogen-bond donors (Lipinski definition) is 2. The van der Waals surface area contributed by atoms with Crippen LogP contribution in [0.25, 0.3) is 22.3 Å². The highest BCUT2D eigenvalue weighted by Crippen LogP contribution is 2.33. The Morgan fingerprint density at radius 1 is 1.21 bits per heavy atom. The molecule has 0 radical (unpaired) electrons. The summed E-state index contributed by atoms with van der Waals surface area (Å²) < 4.78 is 52.3. The first-order valence-corrected chi connectivity index (χ1v) is 9.31. The van der Waals surface area contributed by atoms with Crippen LogP contribution in [0.4, 0.5) is 28.8 Å². The van der Waals surface area contributed by atoms with Crippen LogP contribution in [-0.4, -0.2) is 37.7 Å². The van der Waals surface area contributed by atoms with E-state index >= 15 is 0 Å². The van der Waals surface area contributed by atoms with Crippen LogP contribution < -0.4 is 10.6 Å². The highest BCUT2D eigenvalue weighted by molar-refractivity contribution is 7.93. The van der Waals surface area contributed by atoms with Gasteiger partial charge in [0.05, 0.1) is 16.9 Å². The summed E-state index contributed by atoms with van der Waals surface area (Å²) in [5, 5.41) is 6.14. The third-order valence-corrected chi connectivity index (χ3v) is 5.06. The van der Waals surface area contributed by atoms with Crippen molar-refractivity contribution in [3.05, 3.63) is 30.6 Å². The van der Waals surface area contributed by atoms with Crippen molar-refractivity contribution in [3.63, 3.8) is 0 Å². The van der Waals surface area contributed by atoms with Crippen LogP contribution in [0.3, 0.4) is 0 Å². The molecule has 0 unspecified atom stereocenters. The van der Waals surface area contributed by atoms with Crippen LogP contribution in [0.15, 0.2) is 30.6 Å². The molecule has 0 aromatic carbocycles. The van der Waals surface area contributed by atoms with E-state index in [0.717, 1.165) is 12.8 Å². The zero-order valence-electron chi connectivity index (χ0n) is 14.5. The van der Waals surface area contributed by atoms with Gasteiger partial charge in [-0.05, 0) is 31.4 Å². The predicted octanol–water partition coefficient (Wildman–Crippen LogP) is 4.81. The van der Waals surface area contributed by atoms with Gasteiger partial charge in [-0.15, -0.1) is 3.89 Å². The first-order chi connectivity index (χ1) is 13.4. The summed E-state index contributed by atoms with van der Waals surface area (Å²) in [5.41, 5.74) is 1.31. The average molecular weight is 412 g/mol. The van der Waals surface area contributed by atoms with E-state index in [2.05, 4.69) is 25.6 Å². The summed E-state index contributed by atoms with van der Waals surface area (Å²) in [5.74, 6) is 0.480. The smallest absolute Gasteiger partial charge is 0.367 e. The first kappa shape index (κ1) is 18.8. The largest absolute Gasteiger partial charge is 0.405 e. The maximum Gasteiger partial charge on any atom is 0.405 e. The topological polar surface area (TPSA) is 67.7 Å². The predicted molar refractivity (Wildman–Crippen MR) is 101 cm³/mol. The molecule has 0 atom stereocenters. The van der Waals surface area contributed by atoms with Gasteiger partial charge in [-0.25, -0.2) is 15.0 Å². The molecule has 0 saturated heterocycles. The Morgan fingerprint density at radius 2 is 2.04 bits per heavy atom. The molecule has 4 rings (SSSR count). The Bertz CT molecular complexity index is 985. The third-order valence-electron chi connectivity index (χ3n) is 4.53. The standard InChI is InChI=1S/C17H16F4N6S/c18-17(19,20)9-24-16-22-5-4-12(26-16)14-6-10-8-23-15(25-11-2-1-3-11)7-13(10)27(14)28-21/h4-8,11H,1-3,9H2,(H,23,25)(H,22,24,26). The van der Waals surface area contributed by atoms with Gasteiger partial charge in [0.25, 0.3) is 0 Å². The van der Waals surface area contributed by atoms with E-state index in [1.807, 2.05) is 0 Å². The molecular formula is C17H16F4N6S. The van der Waals surface area contributed by atoms with Crippen LogP contribution in [0, 0.1) is 0 Å². The molecule has 6 nitrogen and oxygen atoms in total. The molecule has 3 aromatic heterocycles. The lowest BCUT2D eigenvalue weighted by Gasteiger charge is -2.26. The fourth-order valence-corrected chi connectivity index (χ4v) is 3.39. The van der Waals surface area contributed by atoms with Gasteiger partial charge >= 0.3 is 6.18 Å². The molecule has 0 spiro atoms. The summed E-state index contributed by atoms with van der Waals surface area (Å²) in [7, 11) is 0. The Balaban J connectivity index is 1.66.